The Morgan fingerprint density at radius 2 is 2.00 bits per heavy atom. The van der Waals surface area contributed by atoms with E-state index >= 15 is 0 Å². The number of nitrogens with zero attached hydrogens (tertiary/aromatic N) is 1. The summed E-state index contributed by atoms with van der Waals surface area (Å²) in [5, 5.41) is 0. The molecule has 1 saturated carbocycles. The minimum Gasteiger partial charge on any atom is -0.383 e. The molecule has 0 bridgehead atoms. The minimum absolute atomic E-state index is 0.291. The molecule has 0 saturated heterocycles. The van der Waals surface area contributed by atoms with Gasteiger partial charge in [-0.15, -0.1) is 0 Å². The first kappa shape index (κ1) is 17.9. The van der Waals surface area contributed by atoms with Gasteiger partial charge in [-0.25, -0.2) is 0 Å². The Morgan fingerprint density at radius 3 is 2.60 bits per heavy atom. The van der Waals surface area contributed by atoms with Gasteiger partial charge >= 0.3 is 0 Å². The van der Waals surface area contributed by atoms with Crippen LogP contribution >= 0.6 is 0 Å². The number of nitrogens with two attached hydrogens (primary N) is 1. The Bertz CT molecular complexity index is 251. The lowest BCUT2D eigenvalue weighted by atomic mass is 9.79. The number of rotatable bonds is 9. The second kappa shape index (κ2) is 9.72. The summed E-state index contributed by atoms with van der Waals surface area (Å²) < 4.78 is 10.6. The second-order valence-electron chi connectivity index (χ2n) is 6.23. The summed E-state index contributed by atoms with van der Waals surface area (Å²) in [5.74, 6) is 0.838. The fraction of sp³-hybridized carbons (Fsp3) is 1.00. The Morgan fingerprint density at radius 1 is 1.25 bits per heavy atom. The standard InChI is InChI=1S/C16H34N2O2/c1-5-6-14-7-8-15(17)16(11-14)18(9-10-19-3)13(2)12-20-4/h13-16H,5-12,17H2,1-4H3. The molecular weight excluding hydrogens is 252 g/mol. The van der Waals surface area contributed by atoms with Crippen molar-refractivity contribution < 1.29 is 9.47 Å². The Hall–Kier alpha value is -0.160. The number of ether oxygens (including phenoxy) is 2. The highest BCUT2D eigenvalue weighted by Gasteiger charge is 2.33. The topological polar surface area (TPSA) is 47.7 Å². The molecule has 120 valence electrons. The first-order valence-corrected chi connectivity index (χ1v) is 8.13. The third-order valence-electron chi connectivity index (χ3n) is 4.63. The molecule has 1 aliphatic carbocycles. The predicted octanol–water partition coefficient (Wildman–Crippen LogP) is 2.27. The van der Waals surface area contributed by atoms with Crippen molar-refractivity contribution in [3.63, 3.8) is 0 Å². The molecule has 0 radical (unpaired) electrons. The molecule has 0 aliphatic heterocycles. The van der Waals surface area contributed by atoms with Crippen molar-refractivity contribution in [2.24, 2.45) is 11.7 Å². The monoisotopic (exact) mass is 286 g/mol. The van der Waals surface area contributed by atoms with Gasteiger partial charge in [-0.1, -0.05) is 19.8 Å². The van der Waals surface area contributed by atoms with E-state index in [4.69, 9.17) is 15.2 Å². The zero-order valence-electron chi connectivity index (χ0n) is 13.8. The van der Waals surface area contributed by atoms with E-state index in [1.807, 2.05) is 0 Å². The third-order valence-corrected chi connectivity index (χ3v) is 4.63. The van der Waals surface area contributed by atoms with Gasteiger partial charge in [-0.3, -0.25) is 4.90 Å². The molecule has 4 atom stereocenters. The average Bonchev–Trinajstić information content (AvgIpc) is 2.43. The zero-order chi connectivity index (χ0) is 15.0. The van der Waals surface area contributed by atoms with E-state index < -0.39 is 0 Å². The molecule has 2 N–H and O–H groups in total. The average molecular weight is 286 g/mol. The van der Waals surface area contributed by atoms with Gasteiger partial charge in [0, 0.05) is 38.9 Å². The maximum Gasteiger partial charge on any atom is 0.0615 e. The molecule has 1 fully saturated rings. The maximum absolute atomic E-state index is 6.42. The highest BCUT2D eigenvalue weighted by Crippen LogP contribution is 2.31. The lowest BCUT2D eigenvalue weighted by Gasteiger charge is -2.44. The van der Waals surface area contributed by atoms with E-state index in [0.29, 0.717) is 18.1 Å². The normalized spacial score (nSPS) is 28.8. The van der Waals surface area contributed by atoms with E-state index in [1.54, 1.807) is 14.2 Å². The van der Waals surface area contributed by atoms with E-state index in [1.165, 1.54) is 25.7 Å². The van der Waals surface area contributed by atoms with Gasteiger partial charge in [0.05, 0.1) is 13.2 Å². The van der Waals surface area contributed by atoms with Crippen LogP contribution in [0.3, 0.4) is 0 Å². The molecule has 4 unspecified atom stereocenters. The summed E-state index contributed by atoms with van der Waals surface area (Å²) in [6.45, 7) is 6.97. The van der Waals surface area contributed by atoms with Crippen molar-refractivity contribution in [1.82, 2.24) is 4.90 Å². The summed E-state index contributed by atoms with van der Waals surface area (Å²) >= 11 is 0. The minimum atomic E-state index is 0.291. The number of methoxy groups -OCH3 is 2. The quantitative estimate of drug-likeness (QED) is 0.706. The van der Waals surface area contributed by atoms with Crippen molar-refractivity contribution >= 4 is 0 Å². The number of hydrogen-bond acceptors (Lipinski definition) is 4. The van der Waals surface area contributed by atoms with Crippen LogP contribution in [-0.4, -0.2) is 57.0 Å². The molecule has 0 heterocycles. The fourth-order valence-corrected chi connectivity index (χ4v) is 3.55. The fourth-order valence-electron chi connectivity index (χ4n) is 3.55. The molecule has 0 spiro atoms. The Balaban J connectivity index is 2.69. The summed E-state index contributed by atoms with van der Waals surface area (Å²) in [7, 11) is 3.53. The molecular formula is C16H34N2O2. The highest BCUT2D eigenvalue weighted by atomic mass is 16.5. The molecule has 0 aromatic rings. The van der Waals surface area contributed by atoms with Crippen LogP contribution in [-0.2, 0) is 9.47 Å². The lowest BCUT2D eigenvalue weighted by Crippen LogP contribution is -2.55. The Labute approximate surface area is 125 Å². The first-order chi connectivity index (χ1) is 9.63. The van der Waals surface area contributed by atoms with Crippen LogP contribution < -0.4 is 5.73 Å². The largest absolute Gasteiger partial charge is 0.383 e. The van der Waals surface area contributed by atoms with Crippen molar-refractivity contribution in [3.8, 4) is 0 Å². The lowest BCUT2D eigenvalue weighted by molar-refractivity contribution is 0.0186. The van der Waals surface area contributed by atoms with Crippen LogP contribution in [0.15, 0.2) is 0 Å². The molecule has 0 aromatic carbocycles. The summed E-state index contributed by atoms with van der Waals surface area (Å²) in [6, 6.07) is 1.16. The van der Waals surface area contributed by atoms with Gasteiger partial charge in [-0.2, -0.15) is 0 Å². The second-order valence-corrected chi connectivity index (χ2v) is 6.23. The van der Waals surface area contributed by atoms with E-state index in [-0.39, 0.29) is 0 Å². The van der Waals surface area contributed by atoms with Crippen LogP contribution in [0.1, 0.15) is 46.0 Å². The van der Waals surface area contributed by atoms with Crippen molar-refractivity contribution in [1.29, 1.82) is 0 Å². The van der Waals surface area contributed by atoms with Crippen molar-refractivity contribution in [2.45, 2.75) is 64.1 Å². The van der Waals surface area contributed by atoms with Crippen LogP contribution in [0.5, 0.6) is 0 Å². The molecule has 1 rings (SSSR count). The molecule has 4 nitrogen and oxygen atoms in total. The van der Waals surface area contributed by atoms with Crippen molar-refractivity contribution in [2.75, 3.05) is 34.0 Å². The molecule has 20 heavy (non-hydrogen) atoms. The summed E-state index contributed by atoms with van der Waals surface area (Å²) in [5.41, 5.74) is 6.42. The van der Waals surface area contributed by atoms with E-state index in [0.717, 1.165) is 32.1 Å². The van der Waals surface area contributed by atoms with Crippen LogP contribution in [0, 0.1) is 5.92 Å². The predicted molar refractivity (Wildman–Crippen MR) is 83.9 cm³/mol. The molecule has 1 aliphatic rings. The van der Waals surface area contributed by atoms with E-state index in [9.17, 15) is 0 Å². The Kier molecular flexibility index (Phi) is 8.69. The first-order valence-electron chi connectivity index (χ1n) is 8.13. The zero-order valence-corrected chi connectivity index (χ0v) is 13.8. The summed E-state index contributed by atoms with van der Waals surface area (Å²) in [6.07, 6.45) is 6.28. The maximum atomic E-state index is 6.42. The third kappa shape index (κ3) is 5.32. The van der Waals surface area contributed by atoms with Crippen LogP contribution in [0.25, 0.3) is 0 Å². The van der Waals surface area contributed by atoms with Crippen LogP contribution in [0.2, 0.25) is 0 Å². The van der Waals surface area contributed by atoms with Gasteiger partial charge in [0.2, 0.25) is 0 Å². The molecule has 4 heteroatoms. The highest BCUT2D eigenvalue weighted by molar-refractivity contribution is 4.91. The summed E-state index contributed by atoms with van der Waals surface area (Å²) in [4.78, 5) is 2.51. The van der Waals surface area contributed by atoms with Gasteiger partial charge in [-0.05, 0) is 32.1 Å². The molecule has 0 aromatic heterocycles. The van der Waals surface area contributed by atoms with Gasteiger partial charge in [0.1, 0.15) is 0 Å². The molecule has 0 amide bonds. The van der Waals surface area contributed by atoms with Gasteiger partial charge in [0.15, 0.2) is 0 Å². The SMILES string of the molecule is CCCC1CCC(N)C(N(CCOC)C(C)COC)C1. The van der Waals surface area contributed by atoms with E-state index in [2.05, 4.69) is 18.7 Å². The smallest absolute Gasteiger partial charge is 0.0615 e. The number of hydrogen-bond donors (Lipinski definition) is 1. The van der Waals surface area contributed by atoms with Gasteiger partial charge in [0.25, 0.3) is 0 Å². The van der Waals surface area contributed by atoms with Gasteiger partial charge < -0.3 is 15.2 Å². The van der Waals surface area contributed by atoms with Crippen LogP contribution in [0.4, 0.5) is 0 Å². The van der Waals surface area contributed by atoms with Crippen molar-refractivity contribution in [3.05, 3.63) is 0 Å².